The monoisotopic (exact) mass is 335 g/mol. The van der Waals surface area contributed by atoms with Crippen LogP contribution >= 0.6 is 0 Å². The van der Waals surface area contributed by atoms with E-state index in [4.69, 9.17) is 4.74 Å². The molecule has 2 saturated heterocycles. The summed E-state index contributed by atoms with van der Waals surface area (Å²) in [5.74, 6) is 0.232. The highest BCUT2D eigenvalue weighted by atomic mass is 16.5. The number of nitrogens with zero attached hydrogens (tertiary/aromatic N) is 4. The zero-order valence-electron chi connectivity index (χ0n) is 13.9. The van der Waals surface area contributed by atoms with Crippen LogP contribution in [0.25, 0.3) is 0 Å². The van der Waals surface area contributed by atoms with Gasteiger partial charge in [-0.1, -0.05) is 0 Å². The molecular weight excluding hydrogens is 310 g/mol. The first-order valence-corrected chi connectivity index (χ1v) is 8.62. The molecule has 0 aliphatic carbocycles. The Labute approximate surface area is 141 Å². The van der Waals surface area contributed by atoms with Gasteiger partial charge in [0.1, 0.15) is 0 Å². The third-order valence-electron chi connectivity index (χ3n) is 4.43. The number of ether oxygens (including phenoxy) is 1. The number of hydrogen-bond acceptors (Lipinski definition) is 4. The Hall–Kier alpha value is -2.09. The maximum Gasteiger partial charge on any atom is 0.317 e. The fourth-order valence-corrected chi connectivity index (χ4v) is 3.15. The molecule has 2 aliphatic rings. The normalized spacial score (nSPS) is 21.3. The number of rotatable bonds is 6. The lowest BCUT2D eigenvalue weighted by Crippen LogP contribution is -2.50. The first-order chi connectivity index (χ1) is 11.7. The smallest absolute Gasteiger partial charge is 0.317 e. The minimum Gasteiger partial charge on any atom is -0.373 e. The number of likely N-dealkylation sites (tertiary alicyclic amines) is 1. The molecule has 3 heterocycles. The van der Waals surface area contributed by atoms with Crippen molar-refractivity contribution in [1.82, 2.24) is 24.9 Å². The van der Waals surface area contributed by atoms with Crippen LogP contribution in [0.2, 0.25) is 0 Å². The first kappa shape index (κ1) is 16.8. The molecule has 0 bridgehead atoms. The molecule has 1 atom stereocenters. The molecule has 1 aromatic rings. The highest BCUT2D eigenvalue weighted by Gasteiger charge is 2.24. The SMILES string of the molecule is O=C1CCCN1CCCNC(=O)N1CCOC(Cn2cccn2)C1. The molecule has 3 rings (SSSR count). The van der Waals surface area contributed by atoms with E-state index in [0.717, 1.165) is 25.9 Å². The summed E-state index contributed by atoms with van der Waals surface area (Å²) in [5.41, 5.74) is 0. The van der Waals surface area contributed by atoms with Gasteiger partial charge in [0.15, 0.2) is 0 Å². The first-order valence-electron chi connectivity index (χ1n) is 8.62. The lowest BCUT2D eigenvalue weighted by Gasteiger charge is -2.33. The second-order valence-electron chi connectivity index (χ2n) is 6.24. The predicted molar refractivity (Wildman–Crippen MR) is 87.4 cm³/mol. The topological polar surface area (TPSA) is 79.7 Å². The number of hydrogen-bond donors (Lipinski definition) is 1. The van der Waals surface area contributed by atoms with Crippen LogP contribution in [0.4, 0.5) is 4.79 Å². The van der Waals surface area contributed by atoms with Gasteiger partial charge in [-0.2, -0.15) is 5.10 Å². The number of morpholine rings is 1. The van der Waals surface area contributed by atoms with Crippen LogP contribution in [0, 0.1) is 0 Å². The molecule has 0 saturated carbocycles. The molecule has 2 aliphatic heterocycles. The van der Waals surface area contributed by atoms with Crippen molar-refractivity contribution < 1.29 is 14.3 Å². The fraction of sp³-hybridized carbons (Fsp3) is 0.688. The highest BCUT2D eigenvalue weighted by Crippen LogP contribution is 2.10. The van der Waals surface area contributed by atoms with E-state index in [1.54, 1.807) is 11.1 Å². The largest absolute Gasteiger partial charge is 0.373 e. The predicted octanol–water partition coefficient (Wildman–Crippen LogP) is 0.306. The number of aromatic nitrogens is 2. The molecule has 132 valence electrons. The summed E-state index contributed by atoms with van der Waals surface area (Å²) in [6.07, 6.45) is 6.00. The summed E-state index contributed by atoms with van der Waals surface area (Å²) in [6, 6.07) is 1.81. The van der Waals surface area contributed by atoms with Crippen LogP contribution < -0.4 is 5.32 Å². The van der Waals surface area contributed by atoms with Gasteiger partial charge in [-0.3, -0.25) is 9.48 Å². The van der Waals surface area contributed by atoms with Crippen LogP contribution in [-0.2, 0) is 16.1 Å². The molecular formula is C16H25N5O3. The Morgan fingerprint density at radius 2 is 2.33 bits per heavy atom. The Balaban J connectivity index is 1.35. The van der Waals surface area contributed by atoms with E-state index in [-0.39, 0.29) is 18.0 Å². The molecule has 0 aromatic carbocycles. The third kappa shape index (κ3) is 4.47. The van der Waals surface area contributed by atoms with Crippen molar-refractivity contribution in [2.45, 2.75) is 31.9 Å². The van der Waals surface area contributed by atoms with Crippen LogP contribution in [0.3, 0.4) is 0 Å². The molecule has 1 aromatic heterocycles. The summed E-state index contributed by atoms with van der Waals surface area (Å²) in [6.45, 7) is 4.52. The van der Waals surface area contributed by atoms with Gasteiger partial charge in [0.2, 0.25) is 5.91 Å². The van der Waals surface area contributed by atoms with Gasteiger partial charge in [0, 0.05) is 45.0 Å². The molecule has 1 N–H and O–H groups in total. The Morgan fingerprint density at radius 1 is 1.42 bits per heavy atom. The lowest BCUT2D eigenvalue weighted by atomic mass is 10.3. The van der Waals surface area contributed by atoms with Gasteiger partial charge < -0.3 is 19.9 Å². The fourth-order valence-electron chi connectivity index (χ4n) is 3.15. The quantitative estimate of drug-likeness (QED) is 0.759. The Morgan fingerprint density at radius 3 is 3.08 bits per heavy atom. The van der Waals surface area contributed by atoms with Crippen molar-refractivity contribution in [2.75, 3.05) is 39.3 Å². The van der Waals surface area contributed by atoms with Crippen LogP contribution in [0.15, 0.2) is 18.5 Å². The Kier molecular flexibility index (Phi) is 5.68. The van der Waals surface area contributed by atoms with Gasteiger partial charge in [0.05, 0.1) is 25.8 Å². The highest BCUT2D eigenvalue weighted by molar-refractivity contribution is 5.78. The van der Waals surface area contributed by atoms with Crippen molar-refractivity contribution in [1.29, 1.82) is 0 Å². The van der Waals surface area contributed by atoms with E-state index in [1.807, 2.05) is 21.8 Å². The minimum atomic E-state index is -0.0588. The zero-order chi connectivity index (χ0) is 16.8. The summed E-state index contributed by atoms with van der Waals surface area (Å²) < 4.78 is 7.53. The van der Waals surface area contributed by atoms with Crippen molar-refractivity contribution in [3.8, 4) is 0 Å². The van der Waals surface area contributed by atoms with Gasteiger partial charge in [-0.05, 0) is 18.9 Å². The molecule has 24 heavy (non-hydrogen) atoms. The molecule has 0 spiro atoms. The van der Waals surface area contributed by atoms with E-state index in [2.05, 4.69) is 10.4 Å². The molecule has 8 nitrogen and oxygen atoms in total. The average Bonchev–Trinajstić information content (AvgIpc) is 3.24. The maximum atomic E-state index is 12.3. The van der Waals surface area contributed by atoms with Gasteiger partial charge in [-0.25, -0.2) is 4.79 Å². The van der Waals surface area contributed by atoms with E-state index in [1.165, 1.54) is 0 Å². The minimum absolute atomic E-state index is 0.0355. The zero-order valence-corrected chi connectivity index (χ0v) is 13.9. The number of nitrogens with one attached hydrogen (secondary N) is 1. The Bertz CT molecular complexity index is 548. The van der Waals surface area contributed by atoms with E-state index < -0.39 is 0 Å². The number of urea groups is 1. The number of amides is 3. The van der Waals surface area contributed by atoms with E-state index in [9.17, 15) is 9.59 Å². The maximum absolute atomic E-state index is 12.3. The standard InChI is InChI=1S/C16H25N5O3/c22-15-4-1-7-19(15)8-2-5-17-16(23)20-10-11-24-14(12-20)13-21-9-3-6-18-21/h3,6,9,14H,1-2,4-5,7-8,10-13H2,(H,17,23). The summed E-state index contributed by atoms with van der Waals surface area (Å²) >= 11 is 0. The number of carbonyl (C=O) groups is 2. The average molecular weight is 335 g/mol. The van der Waals surface area contributed by atoms with Crippen molar-refractivity contribution in [2.24, 2.45) is 0 Å². The van der Waals surface area contributed by atoms with Gasteiger partial charge >= 0.3 is 6.03 Å². The molecule has 3 amide bonds. The summed E-state index contributed by atoms with van der Waals surface area (Å²) in [5, 5.41) is 7.11. The summed E-state index contributed by atoms with van der Waals surface area (Å²) in [4.78, 5) is 27.5. The van der Waals surface area contributed by atoms with E-state index >= 15 is 0 Å². The number of carbonyl (C=O) groups excluding carboxylic acids is 2. The molecule has 0 radical (unpaired) electrons. The van der Waals surface area contributed by atoms with Crippen LogP contribution in [-0.4, -0.2) is 77.0 Å². The second-order valence-corrected chi connectivity index (χ2v) is 6.24. The molecule has 8 heteroatoms. The second kappa shape index (κ2) is 8.14. The third-order valence-corrected chi connectivity index (χ3v) is 4.43. The van der Waals surface area contributed by atoms with Gasteiger partial charge in [-0.15, -0.1) is 0 Å². The summed E-state index contributed by atoms with van der Waals surface area (Å²) in [7, 11) is 0. The molecule has 2 fully saturated rings. The van der Waals surface area contributed by atoms with Crippen LogP contribution in [0.5, 0.6) is 0 Å². The van der Waals surface area contributed by atoms with Crippen molar-refractivity contribution in [3.05, 3.63) is 18.5 Å². The van der Waals surface area contributed by atoms with Crippen molar-refractivity contribution in [3.63, 3.8) is 0 Å². The van der Waals surface area contributed by atoms with Crippen molar-refractivity contribution >= 4 is 11.9 Å². The lowest BCUT2D eigenvalue weighted by molar-refractivity contribution is -0.127. The van der Waals surface area contributed by atoms with Crippen LogP contribution in [0.1, 0.15) is 19.3 Å². The molecule has 1 unspecified atom stereocenters. The van der Waals surface area contributed by atoms with Gasteiger partial charge in [0.25, 0.3) is 0 Å². The van der Waals surface area contributed by atoms with E-state index in [0.29, 0.717) is 39.2 Å².